The van der Waals surface area contributed by atoms with Gasteiger partial charge in [-0.05, 0) is 36.4 Å². The molecule has 8 heteroatoms. The number of carbonyl (C=O) groups is 1. The first kappa shape index (κ1) is 21.6. The zero-order valence-electron chi connectivity index (χ0n) is 18.0. The van der Waals surface area contributed by atoms with Crippen LogP contribution in [0.15, 0.2) is 79.1 Å². The van der Waals surface area contributed by atoms with Gasteiger partial charge in [0.2, 0.25) is 0 Å². The topological polar surface area (TPSA) is 105 Å². The van der Waals surface area contributed by atoms with Gasteiger partial charge in [0.25, 0.3) is 5.91 Å². The van der Waals surface area contributed by atoms with E-state index in [0.29, 0.717) is 41.5 Å². The van der Waals surface area contributed by atoms with Gasteiger partial charge in [-0.1, -0.05) is 30.3 Å². The number of anilines is 1. The fraction of sp³-hybridized carbons (Fsp3) is 0.120. The van der Waals surface area contributed by atoms with Gasteiger partial charge in [0.1, 0.15) is 23.3 Å². The number of aromatic nitrogens is 3. The zero-order valence-corrected chi connectivity index (χ0v) is 18.0. The normalized spacial score (nSPS) is 10.3. The van der Waals surface area contributed by atoms with Crippen LogP contribution in [-0.4, -0.2) is 40.9 Å². The number of rotatable bonds is 8. The van der Waals surface area contributed by atoms with E-state index >= 15 is 0 Å². The number of ether oxygens (including phenoxy) is 1. The molecule has 2 N–H and O–H groups in total. The largest absolute Gasteiger partial charge is 0.497 e. The summed E-state index contributed by atoms with van der Waals surface area (Å²) in [4.78, 5) is 17.2. The number of nitrogens with zero attached hydrogens (tertiary/aromatic N) is 4. The summed E-state index contributed by atoms with van der Waals surface area (Å²) in [6.07, 6.45) is 3.33. The molecule has 0 saturated heterocycles. The average Bonchev–Trinajstić information content (AvgIpc) is 3.33. The first-order valence-corrected chi connectivity index (χ1v) is 10.4. The molecule has 0 atom stereocenters. The van der Waals surface area contributed by atoms with Gasteiger partial charge < -0.3 is 15.4 Å². The third kappa shape index (κ3) is 4.99. The Balaban J connectivity index is 1.54. The van der Waals surface area contributed by atoms with Crippen molar-refractivity contribution >= 4 is 11.7 Å². The molecule has 164 valence electrons. The number of hydrogen-bond donors (Lipinski definition) is 2. The third-order valence-corrected chi connectivity index (χ3v) is 4.95. The minimum Gasteiger partial charge on any atom is -0.497 e. The predicted molar refractivity (Wildman–Crippen MR) is 125 cm³/mol. The van der Waals surface area contributed by atoms with E-state index in [0.717, 1.165) is 11.3 Å². The highest BCUT2D eigenvalue weighted by Gasteiger charge is 2.19. The molecule has 0 bridgehead atoms. The Morgan fingerprint density at radius 1 is 1.09 bits per heavy atom. The molecule has 4 aromatic rings. The molecule has 2 aromatic heterocycles. The molecule has 2 heterocycles. The van der Waals surface area contributed by atoms with Crippen molar-refractivity contribution in [1.82, 2.24) is 20.1 Å². The molecule has 33 heavy (non-hydrogen) atoms. The summed E-state index contributed by atoms with van der Waals surface area (Å²) in [5.74, 6) is 0.919. The van der Waals surface area contributed by atoms with Crippen LogP contribution >= 0.6 is 0 Å². The second kappa shape index (κ2) is 10.1. The Morgan fingerprint density at radius 2 is 1.94 bits per heavy atom. The zero-order chi connectivity index (χ0) is 23.0. The quantitative estimate of drug-likeness (QED) is 0.407. The summed E-state index contributed by atoms with van der Waals surface area (Å²) < 4.78 is 7.03. The summed E-state index contributed by atoms with van der Waals surface area (Å²) in [6.45, 7) is 0.757. The van der Waals surface area contributed by atoms with E-state index in [1.165, 1.54) is 0 Å². The van der Waals surface area contributed by atoms with Gasteiger partial charge in [0.05, 0.1) is 23.9 Å². The van der Waals surface area contributed by atoms with E-state index in [-0.39, 0.29) is 5.91 Å². The van der Waals surface area contributed by atoms with Crippen LogP contribution in [0.25, 0.3) is 16.9 Å². The van der Waals surface area contributed by atoms with Crippen LogP contribution in [0.3, 0.4) is 0 Å². The fourth-order valence-corrected chi connectivity index (χ4v) is 3.33. The number of carbonyl (C=O) groups excluding carboxylic acids is 1. The number of hydrogen-bond acceptors (Lipinski definition) is 6. The molecular weight excluding hydrogens is 416 g/mol. The van der Waals surface area contributed by atoms with Gasteiger partial charge in [-0.3, -0.25) is 4.79 Å². The average molecular weight is 438 g/mol. The number of benzene rings is 2. The number of methoxy groups -OCH3 is 1. The highest BCUT2D eigenvalue weighted by molar-refractivity contribution is 6.00. The lowest BCUT2D eigenvalue weighted by Crippen LogP contribution is -2.29. The van der Waals surface area contributed by atoms with Crippen molar-refractivity contribution in [2.75, 3.05) is 25.5 Å². The molecule has 1 amide bonds. The van der Waals surface area contributed by atoms with Crippen molar-refractivity contribution in [2.45, 2.75) is 0 Å². The Morgan fingerprint density at radius 3 is 2.73 bits per heavy atom. The molecule has 8 nitrogen and oxygen atoms in total. The molecule has 0 aliphatic carbocycles. The monoisotopic (exact) mass is 438 g/mol. The lowest BCUT2D eigenvalue weighted by atomic mass is 10.1. The minimum atomic E-state index is -0.252. The van der Waals surface area contributed by atoms with Gasteiger partial charge in [0.15, 0.2) is 0 Å². The minimum absolute atomic E-state index is 0.252. The summed E-state index contributed by atoms with van der Waals surface area (Å²) in [7, 11) is 1.60. The number of para-hydroxylation sites is 1. The molecule has 0 radical (unpaired) electrons. The molecule has 2 aromatic carbocycles. The Bertz CT molecular complexity index is 1290. The Kier molecular flexibility index (Phi) is 6.61. The SMILES string of the molecule is COc1cccc(-c2nn(-c3ccccc3)cc2C(=O)NCCNc2ncccc2C#N)c1. The van der Waals surface area contributed by atoms with E-state index in [1.54, 1.807) is 36.3 Å². The maximum atomic E-state index is 13.1. The molecular formula is C25H22N6O2. The number of amides is 1. The van der Waals surface area contributed by atoms with Gasteiger partial charge >= 0.3 is 0 Å². The van der Waals surface area contributed by atoms with Crippen molar-refractivity contribution < 1.29 is 9.53 Å². The first-order valence-electron chi connectivity index (χ1n) is 10.4. The summed E-state index contributed by atoms with van der Waals surface area (Å²) in [5.41, 5.74) is 3.08. The fourth-order valence-electron chi connectivity index (χ4n) is 3.33. The van der Waals surface area contributed by atoms with Gasteiger partial charge in [-0.15, -0.1) is 0 Å². The van der Waals surface area contributed by atoms with Crippen LogP contribution < -0.4 is 15.4 Å². The van der Waals surface area contributed by atoms with Crippen molar-refractivity contribution in [3.63, 3.8) is 0 Å². The molecule has 0 unspecified atom stereocenters. The molecule has 0 fully saturated rings. The Hall–Kier alpha value is -4.64. The van der Waals surface area contributed by atoms with E-state index < -0.39 is 0 Å². The molecule has 0 spiro atoms. The predicted octanol–water partition coefficient (Wildman–Crippen LogP) is 3.66. The van der Waals surface area contributed by atoms with Crippen molar-refractivity contribution in [2.24, 2.45) is 0 Å². The van der Waals surface area contributed by atoms with Crippen molar-refractivity contribution in [3.05, 3.63) is 90.3 Å². The van der Waals surface area contributed by atoms with E-state index in [2.05, 4.69) is 26.8 Å². The first-order chi connectivity index (χ1) is 16.2. The number of nitriles is 1. The van der Waals surface area contributed by atoms with Crippen LogP contribution in [0.4, 0.5) is 5.82 Å². The second-order valence-corrected chi connectivity index (χ2v) is 7.10. The van der Waals surface area contributed by atoms with E-state index in [1.807, 2.05) is 54.6 Å². The van der Waals surface area contributed by atoms with Crippen LogP contribution in [0.1, 0.15) is 15.9 Å². The van der Waals surface area contributed by atoms with Crippen molar-refractivity contribution in [1.29, 1.82) is 5.26 Å². The van der Waals surface area contributed by atoms with E-state index in [4.69, 9.17) is 10.00 Å². The van der Waals surface area contributed by atoms with Crippen LogP contribution in [0.2, 0.25) is 0 Å². The van der Waals surface area contributed by atoms with Crippen LogP contribution in [-0.2, 0) is 0 Å². The highest BCUT2D eigenvalue weighted by atomic mass is 16.5. The summed E-state index contributed by atoms with van der Waals surface area (Å²) in [5, 5.41) is 19.8. The summed E-state index contributed by atoms with van der Waals surface area (Å²) >= 11 is 0. The van der Waals surface area contributed by atoms with Crippen LogP contribution in [0, 0.1) is 11.3 Å². The Labute approximate surface area is 191 Å². The van der Waals surface area contributed by atoms with Crippen molar-refractivity contribution in [3.8, 4) is 28.8 Å². The summed E-state index contributed by atoms with van der Waals surface area (Å²) in [6, 6.07) is 22.5. The number of pyridine rings is 1. The maximum Gasteiger partial charge on any atom is 0.255 e. The molecule has 0 saturated carbocycles. The van der Waals surface area contributed by atoms with Gasteiger partial charge in [0, 0.05) is 31.0 Å². The maximum absolute atomic E-state index is 13.1. The molecule has 0 aliphatic heterocycles. The highest BCUT2D eigenvalue weighted by Crippen LogP contribution is 2.27. The molecule has 0 aliphatic rings. The number of nitrogens with one attached hydrogen (secondary N) is 2. The van der Waals surface area contributed by atoms with E-state index in [9.17, 15) is 4.79 Å². The van der Waals surface area contributed by atoms with Gasteiger partial charge in [-0.25, -0.2) is 9.67 Å². The van der Waals surface area contributed by atoms with Crippen LogP contribution in [0.5, 0.6) is 5.75 Å². The second-order valence-electron chi connectivity index (χ2n) is 7.10. The smallest absolute Gasteiger partial charge is 0.255 e. The standard InChI is InChI=1S/C25H22N6O2/c1-33-21-11-5-7-18(15-21)23-22(17-31(30-23)20-9-3-2-4-10-20)25(32)29-14-13-28-24-19(16-26)8-6-12-27-24/h2-12,15,17H,13-14H2,1H3,(H,27,28)(H,29,32). The molecule has 4 rings (SSSR count). The lowest BCUT2D eigenvalue weighted by molar-refractivity contribution is 0.0956. The lowest BCUT2D eigenvalue weighted by Gasteiger charge is -2.09. The van der Waals surface area contributed by atoms with Gasteiger partial charge in [-0.2, -0.15) is 10.4 Å². The third-order valence-electron chi connectivity index (χ3n) is 4.95.